The Morgan fingerprint density at radius 1 is 1.38 bits per heavy atom. The summed E-state index contributed by atoms with van der Waals surface area (Å²) in [7, 11) is 0. The van der Waals surface area contributed by atoms with E-state index in [9.17, 15) is 4.79 Å². The molecule has 0 radical (unpaired) electrons. The van der Waals surface area contributed by atoms with Crippen LogP contribution in [0.5, 0.6) is 0 Å². The summed E-state index contributed by atoms with van der Waals surface area (Å²) in [5.41, 5.74) is 0.592. The number of nitrogens with zero attached hydrogens (tertiary/aromatic N) is 1. The highest BCUT2D eigenvalue weighted by atomic mass is 35.5. The highest BCUT2D eigenvalue weighted by Crippen LogP contribution is 2.05. The number of oxime groups is 1. The van der Waals surface area contributed by atoms with Crippen LogP contribution >= 0.6 is 11.6 Å². The van der Waals surface area contributed by atoms with Gasteiger partial charge in [-0.15, -0.1) is 0 Å². The van der Waals surface area contributed by atoms with Crippen LogP contribution in [0.3, 0.4) is 0 Å². The molecule has 1 aromatic carbocycles. The predicted octanol–water partition coefficient (Wildman–Crippen LogP) is 1.65. The van der Waals surface area contributed by atoms with Crippen molar-refractivity contribution in [3.63, 3.8) is 0 Å². The minimum atomic E-state index is -0.643. The van der Waals surface area contributed by atoms with Gasteiger partial charge in [-0.25, -0.2) is 0 Å². The Hall–Kier alpha value is -1.55. The second-order valence-electron chi connectivity index (χ2n) is 2.21. The zero-order valence-corrected chi connectivity index (χ0v) is 7.32. The molecule has 0 aliphatic rings. The van der Waals surface area contributed by atoms with Gasteiger partial charge in [-0.1, -0.05) is 35.0 Å². The molecule has 0 heterocycles. The summed E-state index contributed by atoms with van der Waals surface area (Å²) in [5, 5.41) is 12.7. The van der Waals surface area contributed by atoms with E-state index in [1.807, 2.05) is 6.07 Å². The van der Waals surface area contributed by atoms with Gasteiger partial charge < -0.3 is 10.5 Å². The molecule has 0 atom stereocenters. The van der Waals surface area contributed by atoms with Crippen LogP contribution in [0.1, 0.15) is 0 Å². The molecule has 0 unspecified atom stereocenters. The first-order valence-corrected chi connectivity index (χ1v) is 3.86. The zero-order chi connectivity index (χ0) is 9.68. The number of hydrogen-bond acceptors (Lipinski definition) is 3. The summed E-state index contributed by atoms with van der Waals surface area (Å²) in [5.74, 6) is -0.643. The standard InChI is InChI=1S/C8H7ClN2O2/c9-7(11-13)8(12)10-6-4-2-1-3-5-6/h1-5,13H,(H,10,12)/b11-7-. The van der Waals surface area contributed by atoms with E-state index in [1.165, 1.54) is 0 Å². The van der Waals surface area contributed by atoms with Crippen molar-refractivity contribution in [2.24, 2.45) is 5.16 Å². The summed E-state index contributed by atoms with van der Waals surface area (Å²) < 4.78 is 0. The van der Waals surface area contributed by atoms with Gasteiger partial charge >= 0.3 is 0 Å². The lowest BCUT2D eigenvalue weighted by Crippen LogP contribution is -2.18. The van der Waals surface area contributed by atoms with Crippen molar-refractivity contribution in [1.29, 1.82) is 0 Å². The first-order chi connectivity index (χ1) is 6.24. The van der Waals surface area contributed by atoms with Crippen LogP contribution in [-0.2, 0) is 4.79 Å². The van der Waals surface area contributed by atoms with Gasteiger partial charge in [-0.05, 0) is 12.1 Å². The molecule has 1 aromatic rings. The Balaban J connectivity index is 2.66. The monoisotopic (exact) mass is 198 g/mol. The largest absolute Gasteiger partial charge is 0.409 e. The van der Waals surface area contributed by atoms with E-state index >= 15 is 0 Å². The van der Waals surface area contributed by atoms with Crippen LogP contribution in [0.25, 0.3) is 0 Å². The Labute approximate surface area is 79.8 Å². The first kappa shape index (κ1) is 9.54. The van der Waals surface area contributed by atoms with Crippen molar-refractivity contribution in [1.82, 2.24) is 0 Å². The molecule has 1 amide bonds. The third-order valence-electron chi connectivity index (χ3n) is 1.31. The molecular weight excluding hydrogens is 192 g/mol. The molecule has 0 spiro atoms. The Morgan fingerprint density at radius 2 is 2.00 bits per heavy atom. The average Bonchev–Trinajstić information content (AvgIpc) is 2.18. The van der Waals surface area contributed by atoms with Gasteiger partial charge in [0.15, 0.2) is 0 Å². The van der Waals surface area contributed by atoms with Crippen LogP contribution in [0.15, 0.2) is 35.5 Å². The molecule has 5 heteroatoms. The van der Waals surface area contributed by atoms with Crippen molar-refractivity contribution >= 4 is 28.4 Å². The molecule has 0 saturated carbocycles. The lowest BCUT2D eigenvalue weighted by molar-refractivity contribution is -0.110. The molecule has 2 N–H and O–H groups in total. The number of nitrogens with one attached hydrogen (secondary N) is 1. The third kappa shape index (κ3) is 2.76. The van der Waals surface area contributed by atoms with Gasteiger partial charge in [0.05, 0.1) is 0 Å². The minimum Gasteiger partial charge on any atom is -0.409 e. The van der Waals surface area contributed by atoms with Crippen LogP contribution in [0.2, 0.25) is 0 Å². The van der Waals surface area contributed by atoms with Gasteiger partial charge in [0.25, 0.3) is 5.91 Å². The highest BCUT2D eigenvalue weighted by Gasteiger charge is 2.07. The van der Waals surface area contributed by atoms with Crippen molar-refractivity contribution in [3.8, 4) is 0 Å². The van der Waals surface area contributed by atoms with Crippen LogP contribution < -0.4 is 5.32 Å². The predicted molar refractivity (Wildman–Crippen MR) is 50.1 cm³/mol. The van der Waals surface area contributed by atoms with E-state index in [4.69, 9.17) is 16.8 Å². The number of hydrogen-bond donors (Lipinski definition) is 2. The number of carbonyl (C=O) groups excluding carboxylic acids is 1. The first-order valence-electron chi connectivity index (χ1n) is 3.48. The SMILES string of the molecule is O=C(Nc1ccccc1)/C(Cl)=N/O. The lowest BCUT2D eigenvalue weighted by Gasteiger charge is -2.00. The molecular formula is C8H7ClN2O2. The second kappa shape index (κ2) is 4.47. The van der Waals surface area contributed by atoms with Gasteiger partial charge in [0.2, 0.25) is 5.17 Å². The number of para-hydroxylation sites is 1. The van der Waals surface area contributed by atoms with E-state index in [2.05, 4.69) is 10.5 Å². The normalized spacial score (nSPS) is 11.0. The van der Waals surface area contributed by atoms with E-state index in [-0.39, 0.29) is 0 Å². The Kier molecular flexibility index (Phi) is 3.28. The van der Waals surface area contributed by atoms with E-state index in [0.717, 1.165) is 0 Å². The maximum absolute atomic E-state index is 11.0. The molecule has 0 fully saturated rings. The van der Waals surface area contributed by atoms with Crippen LogP contribution in [-0.4, -0.2) is 16.3 Å². The fourth-order valence-electron chi connectivity index (χ4n) is 0.750. The van der Waals surface area contributed by atoms with Gasteiger partial charge in [-0.3, -0.25) is 4.79 Å². The second-order valence-corrected chi connectivity index (χ2v) is 2.57. The average molecular weight is 199 g/mol. The maximum Gasteiger partial charge on any atom is 0.289 e. The van der Waals surface area contributed by atoms with Gasteiger partial charge in [-0.2, -0.15) is 0 Å². The summed E-state index contributed by atoms with van der Waals surface area (Å²) in [6.45, 7) is 0. The van der Waals surface area contributed by atoms with Crippen molar-refractivity contribution in [2.75, 3.05) is 5.32 Å². The molecule has 1 rings (SSSR count). The molecule has 0 aliphatic carbocycles. The van der Waals surface area contributed by atoms with Crippen molar-refractivity contribution in [2.45, 2.75) is 0 Å². The molecule has 0 aliphatic heterocycles. The lowest BCUT2D eigenvalue weighted by atomic mass is 10.3. The molecule has 0 bridgehead atoms. The molecule has 13 heavy (non-hydrogen) atoms. The van der Waals surface area contributed by atoms with Crippen LogP contribution in [0.4, 0.5) is 5.69 Å². The zero-order valence-electron chi connectivity index (χ0n) is 6.57. The summed E-state index contributed by atoms with van der Waals surface area (Å²) in [6.07, 6.45) is 0. The minimum absolute atomic E-state index is 0.496. The molecule has 0 saturated heterocycles. The Bertz CT molecular complexity index is 324. The fourth-order valence-corrected chi connectivity index (χ4v) is 0.797. The molecule has 0 aromatic heterocycles. The third-order valence-corrected chi connectivity index (χ3v) is 1.55. The Morgan fingerprint density at radius 3 is 2.54 bits per heavy atom. The quantitative estimate of drug-likeness (QED) is 0.431. The number of halogens is 1. The molecule has 4 nitrogen and oxygen atoms in total. The number of carbonyl (C=O) groups is 1. The maximum atomic E-state index is 11.0. The smallest absolute Gasteiger partial charge is 0.289 e. The van der Waals surface area contributed by atoms with Crippen molar-refractivity contribution in [3.05, 3.63) is 30.3 Å². The van der Waals surface area contributed by atoms with Gasteiger partial charge in [0, 0.05) is 5.69 Å². The summed E-state index contributed by atoms with van der Waals surface area (Å²) in [4.78, 5) is 11.0. The number of benzene rings is 1. The molecule has 68 valence electrons. The number of amides is 1. The summed E-state index contributed by atoms with van der Waals surface area (Å²) in [6, 6.07) is 8.73. The van der Waals surface area contributed by atoms with Crippen molar-refractivity contribution < 1.29 is 10.0 Å². The van der Waals surface area contributed by atoms with Gasteiger partial charge in [0.1, 0.15) is 0 Å². The summed E-state index contributed by atoms with van der Waals surface area (Å²) >= 11 is 5.25. The van der Waals surface area contributed by atoms with E-state index in [0.29, 0.717) is 5.69 Å². The number of anilines is 1. The van der Waals surface area contributed by atoms with E-state index < -0.39 is 11.1 Å². The fraction of sp³-hybridized carbons (Fsp3) is 0. The topological polar surface area (TPSA) is 61.7 Å². The highest BCUT2D eigenvalue weighted by molar-refractivity contribution is 6.83. The number of rotatable bonds is 2. The van der Waals surface area contributed by atoms with Crippen LogP contribution in [0, 0.1) is 0 Å². The van der Waals surface area contributed by atoms with E-state index in [1.54, 1.807) is 24.3 Å².